The maximum Gasteiger partial charge on any atom is 0.330 e. The van der Waals surface area contributed by atoms with Gasteiger partial charge in [0, 0.05) is 43.8 Å². The van der Waals surface area contributed by atoms with Crippen molar-refractivity contribution in [1.82, 2.24) is 19.8 Å². The number of imidazole rings is 1. The highest BCUT2D eigenvalue weighted by atomic mass is 16.2. The van der Waals surface area contributed by atoms with Crippen LogP contribution in [-0.2, 0) is 4.79 Å². The van der Waals surface area contributed by atoms with E-state index in [1.54, 1.807) is 42.3 Å². The molecule has 0 bridgehead atoms. The second-order valence-corrected chi connectivity index (χ2v) is 7.60. The molecule has 3 N–H and O–H groups in total. The van der Waals surface area contributed by atoms with Gasteiger partial charge in [0.05, 0.1) is 17.9 Å². The number of piperazine rings is 1. The SMILES string of the molecule is Cc1c[nH]c(=O)n1-c1ccccc1NC(=O)NCC(=O)N1CCN(c2ccccc2)CC1. The van der Waals surface area contributed by atoms with E-state index in [-0.39, 0.29) is 18.1 Å². The molecule has 0 radical (unpaired) electrons. The Bertz CT molecular complexity index is 1150. The topological polar surface area (TPSA) is 102 Å². The van der Waals surface area contributed by atoms with Gasteiger partial charge in [-0.2, -0.15) is 0 Å². The maximum absolute atomic E-state index is 12.6. The molecule has 9 nitrogen and oxygen atoms in total. The van der Waals surface area contributed by atoms with E-state index in [4.69, 9.17) is 0 Å². The monoisotopic (exact) mass is 434 g/mol. The van der Waals surface area contributed by atoms with Crippen molar-refractivity contribution in [1.29, 1.82) is 0 Å². The van der Waals surface area contributed by atoms with Gasteiger partial charge in [-0.05, 0) is 31.2 Å². The second-order valence-electron chi connectivity index (χ2n) is 7.60. The van der Waals surface area contributed by atoms with Crippen LogP contribution >= 0.6 is 0 Å². The Morgan fingerprint density at radius 1 is 0.969 bits per heavy atom. The fraction of sp³-hybridized carbons (Fsp3) is 0.261. The highest BCUT2D eigenvalue weighted by Crippen LogP contribution is 2.20. The van der Waals surface area contributed by atoms with E-state index in [1.165, 1.54) is 4.57 Å². The number of hydrogen-bond donors (Lipinski definition) is 3. The minimum Gasteiger partial charge on any atom is -0.368 e. The van der Waals surface area contributed by atoms with Crippen LogP contribution < -0.4 is 21.2 Å². The number of urea groups is 1. The van der Waals surface area contributed by atoms with Crippen molar-refractivity contribution >= 4 is 23.3 Å². The Morgan fingerprint density at radius 3 is 2.34 bits per heavy atom. The number of carbonyl (C=O) groups excluding carboxylic acids is 2. The summed E-state index contributed by atoms with van der Waals surface area (Å²) in [5.41, 5.74) is 2.59. The van der Waals surface area contributed by atoms with Crippen LogP contribution in [0.3, 0.4) is 0 Å². The number of benzene rings is 2. The first-order chi connectivity index (χ1) is 15.5. The molecule has 0 unspecified atom stereocenters. The minimum absolute atomic E-state index is 0.0948. The summed E-state index contributed by atoms with van der Waals surface area (Å²) in [6, 6.07) is 16.6. The molecule has 1 saturated heterocycles. The van der Waals surface area contributed by atoms with Gasteiger partial charge in [-0.3, -0.25) is 9.36 Å². The van der Waals surface area contributed by atoms with Gasteiger partial charge in [0.15, 0.2) is 0 Å². The van der Waals surface area contributed by atoms with Crippen LogP contribution in [0, 0.1) is 6.92 Å². The normalized spacial score (nSPS) is 13.7. The second kappa shape index (κ2) is 9.42. The van der Waals surface area contributed by atoms with Crippen molar-refractivity contribution < 1.29 is 9.59 Å². The van der Waals surface area contributed by atoms with Crippen LogP contribution in [0.1, 0.15) is 5.69 Å². The summed E-state index contributed by atoms with van der Waals surface area (Å²) in [7, 11) is 0. The summed E-state index contributed by atoms with van der Waals surface area (Å²) >= 11 is 0. The number of anilines is 2. The third kappa shape index (κ3) is 4.66. The Labute approximate surface area is 185 Å². The standard InChI is InChI=1S/C23H26N6O3/c1-17-15-25-23(32)29(17)20-10-6-5-9-19(20)26-22(31)24-16-21(30)28-13-11-27(12-14-28)18-7-3-2-4-8-18/h2-10,15H,11-14,16H2,1H3,(H,25,32)(H2,24,26,31). The molecule has 0 atom stereocenters. The van der Waals surface area contributed by atoms with Gasteiger partial charge in [0.25, 0.3) is 0 Å². The van der Waals surface area contributed by atoms with E-state index in [0.29, 0.717) is 24.5 Å². The zero-order valence-corrected chi connectivity index (χ0v) is 17.9. The highest BCUT2D eigenvalue weighted by molar-refractivity contribution is 5.94. The van der Waals surface area contributed by atoms with E-state index in [9.17, 15) is 14.4 Å². The summed E-state index contributed by atoms with van der Waals surface area (Å²) in [5, 5.41) is 5.36. The van der Waals surface area contributed by atoms with Crippen LogP contribution in [0.25, 0.3) is 5.69 Å². The van der Waals surface area contributed by atoms with Crippen LogP contribution in [0.2, 0.25) is 0 Å². The molecule has 2 heterocycles. The Morgan fingerprint density at radius 2 is 1.66 bits per heavy atom. The number of amides is 3. The molecular weight excluding hydrogens is 408 g/mol. The molecule has 9 heteroatoms. The first-order valence-electron chi connectivity index (χ1n) is 10.5. The summed E-state index contributed by atoms with van der Waals surface area (Å²) in [6.45, 7) is 4.42. The van der Waals surface area contributed by atoms with E-state index in [2.05, 4.69) is 32.7 Å². The number of carbonyl (C=O) groups is 2. The van der Waals surface area contributed by atoms with Gasteiger partial charge in [-0.25, -0.2) is 9.59 Å². The van der Waals surface area contributed by atoms with Crippen molar-refractivity contribution in [3.05, 3.63) is 77.0 Å². The number of aryl methyl sites for hydroxylation is 1. The van der Waals surface area contributed by atoms with E-state index in [0.717, 1.165) is 24.5 Å². The molecule has 1 aliphatic heterocycles. The number of aromatic amines is 1. The molecule has 2 aromatic carbocycles. The molecule has 3 aromatic rings. The van der Waals surface area contributed by atoms with Crippen LogP contribution in [0.15, 0.2) is 65.6 Å². The molecule has 1 aliphatic rings. The number of para-hydroxylation sites is 3. The lowest BCUT2D eigenvalue weighted by atomic mass is 10.2. The summed E-state index contributed by atoms with van der Waals surface area (Å²) in [6.07, 6.45) is 1.61. The molecule has 166 valence electrons. The fourth-order valence-electron chi connectivity index (χ4n) is 3.82. The zero-order chi connectivity index (χ0) is 22.5. The lowest BCUT2D eigenvalue weighted by Gasteiger charge is -2.36. The molecule has 3 amide bonds. The van der Waals surface area contributed by atoms with Gasteiger partial charge < -0.3 is 25.4 Å². The Hall–Kier alpha value is -4.01. The quantitative estimate of drug-likeness (QED) is 0.571. The minimum atomic E-state index is -0.505. The fourth-order valence-corrected chi connectivity index (χ4v) is 3.82. The van der Waals surface area contributed by atoms with Gasteiger partial charge >= 0.3 is 11.7 Å². The predicted octanol–water partition coefficient (Wildman–Crippen LogP) is 1.94. The number of rotatable bonds is 5. The van der Waals surface area contributed by atoms with Crippen molar-refractivity contribution in [2.24, 2.45) is 0 Å². The number of aromatic nitrogens is 2. The average molecular weight is 435 g/mol. The molecule has 32 heavy (non-hydrogen) atoms. The zero-order valence-electron chi connectivity index (χ0n) is 17.9. The lowest BCUT2D eigenvalue weighted by molar-refractivity contribution is -0.130. The summed E-state index contributed by atoms with van der Waals surface area (Å²) < 4.78 is 1.48. The van der Waals surface area contributed by atoms with Gasteiger partial charge in [0.1, 0.15) is 0 Å². The Kier molecular flexibility index (Phi) is 6.25. The van der Waals surface area contributed by atoms with Crippen molar-refractivity contribution in [2.45, 2.75) is 6.92 Å². The molecule has 0 saturated carbocycles. The molecule has 0 spiro atoms. The van der Waals surface area contributed by atoms with Crippen molar-refractivity contribution in [3.63, 3.8) is 0 Å². The van der Waals surface area contributed by atoms with E-state index in [1.807, 2.05) is 18.2 Å². The lowest BCUT2D eigenvalue weighted by Crippen LogP contribution is -2.51. The number of nitrogens with one attached hydrogen (secondary N) is 3. The van der Waals surface area contributed by atoms with E-state index < -0.39 is 6.03 Å². The third-order valence-corrected chi connectivity index (χ3v) is 5.51. The molecule has 1 fully saturated rings. The van der Waals surface area contributed by atoms with Gasteiger partial charge in [0.2, 0.25) is 5.91 Å². The Balaban J connectivity index is 1.31. The van der Waals surface area contributed by atoms with Gasteiger partial charge in [-0.1, -0.05) is 30.3 Å². The number of nitrogens with zero attached hydrogens (tertiary/aromatic N) is 3. The van der Waals surface area contributed by atoms with Crippen molar-refractivity contribution in [3.8, 4) is 5.69 Å². The van der Waals surface area contributed by atoms with Crippen LogP contribution in [-0.4, -0.2) is 59.1 Å². The first kappa shape index (κ1) is 21.2. The molecule has 1 aromatic heterocycles. The molecule has 4 rings (SSSR count). The van der Waals surface area contributed by atoms with Crippen LogP contribution in [0.5, 0.6) is 0 Å². The maximum atomic E-state index is 12.6. The molecular formula is C23H26N6O3. The largest absolute Gasteiger partial charge is 0.368 e. The van der Waals surface area contributed by atoms with Crippen LogP contribution in [0.4, 0.5) is 16.2 Å². The summed E-state index contributed by atoms with van der Waals surface area (Å²) in [4.78, 5) is 43.7. The summed E-state index contributed by atoms with van der Waals surface area (Å²) in [5.74, 6) is -0.126. The first-order valence-corrected chi connectivity index (χ1v) is 10.5. The van der Waals surface area contributed by atoms with Crippen molar-refractivity contribution in [2.75, 3.05) is 42.9 Å². The number of hydrogen-bond acceptors (Lipinski definition) is 4. The highest BCUT2D eigenvalue weighted by Gasteiger charge is 2.21. The molecule has 0 aliphatic carbocycles. The van der Waals surface area contributed by atoms with E-state index >= 15 is 0 Å². The van der Waals surface area contributed by atoms with Gasteiger partial charge in [-0.15, -0.1) is 0 Å². The number of H-pyrrole nitrogens is 1. The third-order valence-electron chi connectivity index (χ3n) is 5.51. The smallest absolute Gasteiger partial charge is 0.330 e. The average Bonchev–Trinajstić information content (AvgIpc) is 3.16. The predicted molar refractivity (Wildman–Crippen MR) is 123 cm³/mol.